The fourth-order valence-electron chi connectivity index (χ4n) is 5.56. The number of pyridine rings is 2. The minimum Gasteiger partial charge on any atom is -0.491 e. The highest BCUT2D eigenvalue weighted by molar-refractivity contribution is 5.86. The molecule has 188 valence electrons. The number of hydrogen-bond acceptors (Lipinski definition) is 6. The number of nitrogens with zero attached hydrogens (tertiary/aromatic N) is 5. The van der Waals surface area contributed by atoms with Gasteiger partial charge in [0.2, 0.25) is 5.88 Å². The summed E-state index contributed by atoms with van der Waals surface area (Å²) in [4.78, 5) is 11.7. The van der Waals surface area contributed by atoms with Crippen molar-refractivity contribution in [3.8, 4) is 40.1 Å². The molecule has 6 rings (SSSR count). The molecule has 4 aromatic rings. The molecule has 3 aromatic heterocycles. The predicted octanol–water partition coefficient (Wildman–Crippen LogP) is 5.37. The van der Waals surface area contributed by atoms with Crippen LogP contribution in [0.5, 0.6) is 11.6 Å². The molecule has 37 heavy (non-hydrogen) atoms. The van der Waals surface area contributed by atoms with Gasteiger partial charge in [0.25, 0.3) is 0 Å². The Morgan fingerprint density at radius 2 is 2.03 bits per heavy atom. The Morgan fingerprint density at radius 1 is 1.14 bits per heavy atom. The van der Waals surface area contributed by atoms with Gasteiger partial charge in [0, 0.05) is 35.3 Å². The lowest BCUT2D eigenvalue weighted by Gasteiger charge is -2.31. The van der Waals surface area contributed by atoms with Gasteiger partial charge in [-0.1, -0.05) is 19.1 Å². The predicted molar refractivity (Wildman–Crippen MR) is 143 cm³/mol. The van der Waals surface area contributed by atoms with Gasteiger partial charge in [0.05, 0.1) is 43.1 Å². The first-order chi connectivity index (χ1) is 18.2. The third-order valence-corrected chi connectivity index (χ3v) is 7.54. The zero-order chi connectivity index (χ0) is 25.2. The molecule has 1 fully saturated rings. The quantitative estimate of drug-likeness (QED) is 0.359. The van der Waals surface area contributed by atoms with Crippen molar-refractivity contribution in [3.63, 3.8) is 0 Å². The lowest BCUT2D eigenvalue weighted by atomic mass is 9.96. The summed E-state index contributed by atoms with van der Waals surface area (Å²) in [5, 5.41) is 9.33. The van der Waals surface area contributed by atoms with Crippen molar-refractivity contribution in [3.05, 3.63) is 66.2 Å². The maximum atomic E-state index is 9.33. The van der Waals surface area contributed by atoms with E-state index in [1.54, 1.807) is 0 Å². The molecule has 7 nitrogen and oxygen atoms in total. The van der Waals surface area contributed by atoms with E-state index in [9.17, 15) is 5.26 Å². The maximum Gasteiger partial charge on any atom is 0.216 e. The SMILES string of the molecule is CCN1CCC[C@@H](COc2cc(-c3ccc(C#N)cc3)c(-c3cnc4c(c3)CCCO4)n3cncc23)C1. The number of aryl methyl sites for hydroxylation is 1. The number of aromatic nitrogens is 3. The minimum atomic E-state index is 0.513. The third-order valence-electron chi connectivity index (χ3n) is 7.54. The van der Waals surface area contributed by atoms with Crippen LogP contribution in [0.4, 0.5) is 0 Å². The number of piperidine rings is 1. The molecule has 2 aliphatic heterocycles. The van der Waals surface area contributed by atoms with E-state index in [1.165, 1.54) is 19.4 Å². The van der Waals surface area contributed by atoms with E-state index in [2.05, 4.69) is 44.4 Å². The zero-order valence-corrected chi connectivity index (χ0v) is 21.2. The van der Waals surface area contributed by atoms with Crippen molar-refractivity contribution in [2.75, 3.05) is 32.8 Å². The zero-order valence-electron chi connectivity index (χ0n) is 21.2. The molecule has 7 heteroatoms. The molecule has 2 aliphatic rings. The smallest absolute Gasteiger partial charge is 0.216 e. The summed E-state index contributed by atoms with van der Waals surface area (Å²) >= 11 is 0. The Morgan fingerprint density at radius 3 is 2.86 bits per heavy atom. The van der Waals surface area contributed by atoms with Crippen LogP contribution in [0.15, 0.2) is 55.1 Å². The fourth-order valence-corrected chi connectivity index (χ4v) is 5.56. The summed E-state index contributed by atoms with van der Waals surface area (Å²) in [5.74, 6) is 2.06. The van der Waals surface area contributed by atoms with Gasteiger partial charge in [0.1, 0.15) is 11.3 Å². The fraction of sp³-hybridized carbons (Fsp3) is 0.367. The Bertz CT molecular complexity index is 1450. The van der Waals surface area contributed by atoms with Crippen molar-refractivity contribution in [2.24, 2.45) is 5.92 Å². The van der Waals surface area contributed by atoms with Crippen LogP contribution in [-0.4, -0.2) is 52.1 Å². The molecule has 0 amide bonds. The van der Waals surface area contributed by atoms with Crippen LogP contribution in [0.2, 0.25) is 0 Å². The molecule has 0 spiro atoms. The van der Waals surface area contributed by atoms with Crippen LogP contribution in [0.25, 0.3) is 27.9 Å². The second kappa shape index (κ2) is 10.2. The third kappa shape index (κ3) is 4.65. The summed E-state index contributed by atoms with van der Waals surface area (Å²) in [6.45, 7) is 6.96. The second-order valence-electron chi connectivity index (χ2n) is 9.96. The highest BCUT2D eigenvalue weighted by Gasteiger charge is 2.22. The summed E-state index contributed by atoms with van der Waals surface area (Å²) in [5.41, 5.74) is 6.73. The number of fused-ring (bicyclic) bond motifs is 2. The molecule has 5 heterocycles. The van der Waals surface area contributed by atoms with Gasteiger partial charge >= 0.3 is 0 Å². The highest BCUT2D eigenvalue weighted by atomic mass is 16.5. The lowest BCUT2D eigenvalue weighted by Crippen LogP contribution is -2.37. The number of rotatable bonds is 6. The van der Waals surface area contributed by atoms with Crippen LogP contribution in [0, 0.1) is 17.2 Å². The van der Waals surface area contributed by atoms with Crippen LogP contribution in [0.1, 0.15) is 37.3 Å². The average Bonchev–Trinajstić information content (AvgIpc) is 3.45. The first kappa shape index (κ1) is 23.5. The van der Waals surface area contributed by atoms with Crippen LogP contribution < -0.4 is 9.47 Å². The van der Waals surface area contributed by atoms with Crippen LogP contribution in [-0.2, 0) is 6.42 Å². The molecule has 1 saturated heterocycles. The number of benzene rings is 1. The van der Waals surface area contributed by atoms with Crippen molar-refractivity contribution in [2.45, 2.75) is 32.6 Å². The number of ether oxygens (including phenoxy) is 2. The van der Waals surface area contributed by atoms with Gasteiger partial charge in [-0.05, 0) is 68.6 Å². The second-order valence-corrected chi connectivity index (χ2v) is 9.96. The van der Waals surface area contributed by atoms with E-state index in [0.717, 1.165) is 71.0 Å². The molecule has 0 radical (unpaired) electrons. The van der Waals surface area contributed by atoms with E-state index >= 15 is 0 Å². The number of likely N-dealkylation sites (tertiary alicyclic amines) is 1. The molecule has 0 saturated carbocycles. The maximum absolute atomic E-state index is 9.33. The van der Waals surface area contributed by atoms with Crippen LogP contribution in [0.3, 0.4) is 0 Å². The van der Waals surface area contributed by atoms with E-state index in [0.29, 0.717) is 24.7 Å². The van der Waals surface area contributed by atoms with E-state index < -0.39 is 0 Å². The molecular weight excluding hydrogens is 462 g/mol. The van der Waals surface area contributed by atoms with Crippen molar-refractivity contribution in [1.29, 1.82) is 5.26 Å². The highest BCUT2D eigenvalue weighted by Crippen LogP contribution is 2.39. The molecular formula is C30H31N5O2. The molecule has 0 unspecified atom stereocenters. The van der Waals surface area contributed by atoms with E-state index in [4.69, 9.17) is 9.47 Å². The van der Waals surface area contributed by atoms with Crippen molar-refractivity contribution >= 4 is 5.52 Å². The van der Waals surface area contributed by atoms with Gasteiger partial charge < -0.3 is 14.4 Å². The topological polar surface area (TPSA) is 75.7 Å². The summed E-state index contributed by atoms with van der Waals surface area (Å²) in [6, 6.07) is 14.3. The van der Waals surface area contributed by atoms with Gasteiger partial charge in [-0.15, -0.1) is 0 Å². The Kier molecular flexibility index (Phi) is 6.50. The summed E-state index contributed by atoms with van der Waals surface area (Å²) < 4.78 is 14.4. The molecule has 0 aliphatic carbocycles. The monoisotopic (exact) mass is 493 g/mol. The Balaban J connectivity index is 1.44. The van der Waals surface area contributed by atoms with Gasteiger partial charge in [-0.3, -0.25) is 4.40 Å². The Labute approximate surface area is 217 Å². The van der Waals surface area contributed by atoms with E-state index in [-0.39, 0.29) is 0 Å². The number of hydrogen-bond donors (Lipinski definition) is 0. The molecule has 0 bridgehead atoms. The van der Waals surface area contributed by atoms with Gasteiger partial charge in [-0.25, -0.2) is 9.97 Å². The number of nitriles is 1. The summed E-state index contributed by atoms with van der Waals surface area (Å²) in [6.07, 6.45) is 9.95. The number of imidazole rings is 1. The lowest BCUT2D eigenvalue weighted by molar-refractivity contribution is 0.135. The Hall–Kier alpha value is -3.89. The minimum absolute atomic E-state index is 0.513. The first-order valence-electron chi connectivity index (χ1n) is 13.2. The average molecular weight is 494 g/mol. The molecule has 1 atom stereocenters. The summed E-state index contributed by atoms with van der Waals surface area (Å²) in [7, 11) is 0. The molecule has 0 N–H and O–H groups in total. The molecule has 1 aromatic carbocycles. The van der Waals surface area contributed by atoms with Crippen molar-refractivity contribution < 1.29 is 9.47 Å². The standard InChI is InChI=1S/C30H31N5O2/c1-2-34-11-3-5-22(18-34)19-37-28-14-26(23-9-7-21(15-31)8-10-23)29(35-20-32-17-27(28)35)25-13-24-6-4-12-36-30(24)33-16-25/h7-10,13-14,16-17,20,22H,2-6,11-12,18-19H2,1H3/t22-/m1/s1. The van der Waals surface area contributed by atoms with Gasteiger partial charge in [0.15, 0.2) is 0 Å². The van der Waals surface area contributed by atoms with Crippen LogP contribution >= 0.6 is 0 Å². The largest absolute Gasteiger partial charge is 0.491 e. The normalized spacial score (nSPS) is 17.7. The van der Waals surface area contributed by atoms with Crippen molar-refractivity contribution in [1.82, 2.24) is 19.3 Å². The van der Waals surface area contributed by atoms with Gasteiger partial charge in [-0.2, -0.15) is 5.26 Å². The first-order valence-corrected chi connectivity index (χ1v) is 13.2. The van der Waals surface area contributed by atoms with E-state index in [1.807, 2.05) is 43.0 Å².